The smallest absolute Gasteiger partial charge is 0.322 e. The summed E-state index contributed by atoms with van der Waals surface area (Å²) in [6, 6.07) is 0.306. The number of rotatable bonds is 4. The fourth-order valence-corrected chi connectivity index (χ4v) is 2.31. The molecule has 0 saturated heterocycles. The number of aliphatic carboxylic acids is 1. The van der Waals surface area contributed by atoms with E-state index in [1.807, 2.05) is 0 Å². The van der Waals surface area contributed by atoms with Gasteiger partial charge in [0.05, 0.1) is 13.0 Å². The SMILES string of the molecule is COc1nc(Cl)nc(NC2CCC(C(=O)O)CC2)n1. The molecule has 19 heavy (non-hydrogen) atoms. The third kappa shape index (κ3) is 3.66. The van der Waals surface area contributed by atoms with Gasteiger partial charge in [0.2, 0.25) is 11.2 Å². The molecule has 0 unspecified atom stereocenters. The number of nitrogens with zero attached hydrogens (tertiary/aromatic N) is 3. The molecule has 1 aliphatic carbocycles. The highest BCUT2D eigenvalue weighted by molar-refractivity contribution is 6.28. The fourth-order valence-electron chi connectivity index (χ4n) is 2.16. The van der Waals surface area contributed by atoms with Crippen molar-refractivity contribution in [3.63, 3.8) is 0 Å². The van der Waals surface area contributed by atoms with Crippen molar-refractivity contribution in [2.24, 2.45) is 5.92 Å². The Hall–Kier alpha value is -1.63. The Morgan fingerprint density at radius 2 is 2.00 bits per heavy atom. The summed E-state index contributed by atoms with van der Waals surface area (Å²) in [5.74, 6) is -0.603. The molecule has 0 amide bonds. The quantitative estimate of drug-likeness (QED) is 0.867. The number of aromatic nitrogens is 3. The molecule has 0 aliphatic heterocycles. The predicted molar refractivity (Wildman–Crippen MR) is 68.4 cm³/mol. The first-order valence-corrected chi connectivity index (χ1v) is 6.41. The Morgan fingerprint density at radius 3 is 2.58 bits per heavy atom. The third-order valence-corrected chi connectivity index (χ3v) is 3.35. The molecule has 1 aromatic heterocycles. The maximum absolute atomic E-state index is 10.9. The minimum absolute atomic E-state index is 0.0635. The number of carbonyl (C=O) groups is 1. The molecule has 1 saturated carbocycles. The van der Waals surface area contributed by atoms with E-state index in [4.69, 9.17) is 21.4 Å². The van der Waals surface area contributed by atoms with Crippen molar-refractivity contribution in [2.45, 2.75) is 31.7 Å². The number of nitrogens with one attached hydrogen (secondary N) is 1. The molecule has 7 nitrogen and oxygen atoms in total. The lowest BCUT2D eigenvalue weighted by atomic mass is 9.86. The van der Waals surface area contributed by atoms with Crippen LogP contribution in [-0.4, -0.2) is 39.2 Å². The molecule has 104 valence electrons. The molecule has 1 fully saturated rings. The van der Waals surface area contributed by atoms with Crippen molar-refractivity contribution >= 4 is 23.5 Å². The van der Waals surface area contributed by atoms with Crippen LogP contribution in [-0.2, 0) is 4.79 Å². The lowest BCUT2D eigenvalue weighted by molar-refractivity contribution is -0.142. The minimum Gasteiger partial charge on any atom is -0.481 e. The van der Waals surface area contributed by atoms with Crippen molar-refractivity contribution < 1.29 is 14.6 Å². The molecule has 0 aromatic carbocycles. The van der Waals surface area contributed by atoms with Gasteiger partial charge in [-0.05, 0) is 37.3 Å². The summed E-state index contributed by atoms with van der Waals surface area (Å²) in [7, 11) is 1.45. The van der Waals surface area contributed by atoms with Crippen LogP contribution < -0.4 is 10.1 Å². The second-order valence-corrected chi connectivity index (χ2v) is 4.78. The largest absolute Gasteiger partial charge is 0.481 e. The Morgan fingerprint density at radius 1 is 1.32 bits per heavy atom. The molecule has 8 heteroatoms. The molecule has 1 aliphatic rings. The van der Waals surface area contributed by atoms with E-state index in [0.717, 1.165) is 12.8 Å². The first kappa shape index (κ1) is 13.8. The molecule has 2 rings (SSSR count). The van der Waals surface area contributed by atoms with Crippen molar-refractivity contribution in [1.29, 1.82) is 0 Å². The van der Waals surface area contributed by atoms with Crippen LogP contribution in [0.5, 0.6) is 6.01 Å². The van der Waals surface area contributed by atoms with E-state index >= 15 is 0 Å². The van der Waals surface area contributed by atoms with E-state index in [1.165, 1.54) is 7.11 Å². The van der Waals surface area contributed by atoms with Crippen LogP contribution >= 0.6 is 11.6 Å². The summed E-state index contributed by atoms with van der Waals surface area (Å²) < 4.78 is 4.91. The highest BCUT2D eigenvalue weighted by atomic mass is 35.5. The first-order chi connectivity index (χ1) is 9.08. The summed E-state index contributed by atoms with van der Waals surface area (Å²) in [5.41, 5.74) is 0. The topological polar surface area (TPSA) is 97.2 Å². The standard InChI is InChI=1S/C11H15ClN4O3/c1-19-11-15-9(12)14-10(16-11)13-7-4-2-6(3-5-7)8(17)18/h6-7H,2-5H2,1H3,(H,17,18)(H,13,14,15,16). The van der Waals surface area contributed by atoms with Gasteiger partial charge in [0.1, 0.15) is 0 Å². The molecule has 0 radical (unpaired) electrons. The molecule has 2 N–H and O–H groups in total. The highest BCUT2D eigenvalue weighted by Gasteiger charge is 2.26. The number of carboxylic acids is 1. The van der Waals surface area contributed by atoms with Gasteiger partial charge in [-0.2, -0.15) is 15.0 Å². The Balaban J connectivity index is 1.95. The average molecular weight is 287 g/mol. The van der Waals surface area contributed by atoms with Gasteiger partial charge in [0.25, 0.3) is 0 Å². The van der Waals surface area contributed by atoms with Crippen molar-refractivity contribution in [2.75, 3.05) is 12.4 Å². The third-order valence-electron chi connectivity index (χ3n) is 3.18. The zero-order valence-corrected chi connectivity index (χ0v) is 11.2. The average Bonchev–Trinajstić information content (AvgIpc) is 2.38. The van der Waals surface area contributed by atoms with Gasteiger partial charge < -0.3 is 15.2 Å². The van der Waals surface area contributed by atoms with E-state index in [1.54, 1.807) is 0 Å². The molecule has 0 bridgehead atoms. The van der Waals surface area contributed by atoms with E-state index in [0.29, 0.717) is 18.8 Å². The van der Waals surface area contributed by atoms with Gasteiger partial charge in [0.15, 0.2) is 0 Å². The van der Waals surface area contributed by atoms with Crippen LogP contribution in [0.4, 0.5) is 5.95 Å². The van der Waals surface area contributed by atoms with Crippen molar-refractivity contribution in [3.8, 4) is 6.01 Å². The number of hydrogen-bond acceptors (Lipinski definition) is 6. The number of ether oxygens (including phenoxy) is 1. The van der Waals surface area contributed by atoms with Crippen molar-refractivity contribution in [1.82, 2.24) is 15.0 Å². The second-order valence-electron chi connectivity index (χ2n) is 4.45. The van der Waals surface area contributed by atoms with Crippen LogP contribution in [0.3, 0.4) is 0 Å². The number of anilines is 1. The fraction of sp³-hybridized carbons (Fsp3) is 0.636. The Kier molecular flexibility index (Phi) is 4.36. The van der Waals surface area contributed by atoms with Crippen LogP contribution in [0.2, 0.25) is 5.28 Å². The maximum atomic E-state index is 10.9. The monoisotopic (exact) mass is 286 g/mol. The van der Waals surface area contributed by atoms with Crippen LogP contribution in [0, 0.1) is 5.92 Å². The van der Waals surface area contributed by atoms with Gasteiger partial charge in [-0.25, -0.2) is 0 Å². The second kappa shape index (κ2) is 6.01. The maximum Gasteiger partial charge on any atom is 0.322 e. The number of carboxylic acid groups (broad SMARTS) is 1. The van der Waals surface area contributed by atoms with Gasteiger partial charge >= 0.3 is 12.0 Å². The van der Waals surface area contributed by atoms with E-state index in [2.05, 4.69) is 20.3 Å². The first-order valence-electron chi connectivity index (χ1n) is 6.03. The Labute approximate surface area is 115 Å². The molecular weight excluding hydrogens is 272 g/mol. The number of hydrogen-bond donors (Lipinski definition) is 2. The van der Waals surface area contributed by atoms with Gasteiger partial charge in [-0.15, -0.1) is 0 Å². The number of halogens is 1. The summed E-state index contributed by atoms with van der Waals surface area (Å²) in [6.45, 7) is 0. The number of methoxy groups -OCH3 is 1. The van der Waals surface area contributed by atoms with E-state index in [9.17, 15) is 4.79 Å². The van der Waals surface area contributed by atoms with Gasteiger partial charge in [-0.3, -0.25) is 4.79 Å². The summed E-state index contributed by atoms with van der Waals surface area (Å²) in [5, 5.41) is 12.1. The Bertz CT molecular complexity index is 463. The summed E-state index contributed by atoms with van der Waals surface area (Å²) in [6.07, 6.45) is 2.84. The molecule has 0 spiro atoms. The minimum atomic E-state index is -0.719. The van der Waals surface area contributed by atoms with Gasteiger partial charge in [0, 0.05) is 6.04 Å². The zero-order valence-electron chi connectivity index (χ0n) is 10.5. The zero-order chi connectivity index (χ0) is 13.8. The van der Waals surface area contributed by atoms with E-state index < -0.39 is 5.97 Å². The van der Waals surface area contributed by atoms with Crippen LogP contribution in [0.25, 0.3) is 0 Å². The molecule has 0 atom stereocenters. The van der Waals surface area contributed by atoms with E-state index in [-0.39, 0.29) is 23.3 Å². The molecule has 1 heterocycles. The van der Waals surface area contributed by atoms with Crippen LogP contribution in [0.1, 0.15) is 25.7 Å². The summed E-state index contributed by atoms with van der Waals surface area (Å²) in [4.78, 5) is 22.7. The lowest BCUT2D eigenvalue weighted by Gasteiger charge is -2.26. The summed E-state index contributed by atoms with van der Waals surface area (Å²) >= 11 is 5.75. The van der Waals surface area contributed by atoms with Crippen LogP contribution in [0.15, 0.2) is 0 Å². The predicted octanol–water partition coefficient (Wildman–Crippen LogP) is 1.59. The molecular formula is C11H15ClN4O3. The van der Waals surface area contributed by atoms with Crippen molar-refractivity contribution in [3.05, 3.63) is 5.28 Å². The molecule has 1 aromatic rings. The normalized spacial score (nSPS) is 22.8. The lowest BCUT2D eigenvalue weighted by Crippen LogP contribution is -2.30. The highest BCUT2D eigenvalue weighted by Crippen LogP contribution is 2.26. The van der Waals surface area contributed by atoms with Gasteiger partial charge in [-0.1, -0.05) is 0 Å².